The lowest BCUT2D eigenvalue weighted by atomic mass is 9.95. The molecule has 1 atom stereocenters. The number of Topliss-reactive ketones (excluding diaryl/α,β-unsaturated/α-hetero) is 1. The van der Waals surface area contributed by atoms with Gasteiger partial charge in [0.25, 0.3) is 11.7 Å². The second-order valence-corrected chi connectivity index (χ2v) is 7.45. The van der Waals surface area contributed by atoms with Crippen LogP contribution in [0.3, 0.4) is 0 Å². The van der Waals surface area contributed by atoms with Crippen molar-refractivity contribution < 1.29 is 29.3 Å². The number of ketones is 1. The first kappa shape index (κ1) is 23.3. The number of nitrogens with zero attached hydrogens (tertiary/aromatic N) is 1. The normalized spacial score (nSPS) is 17.6. The topological polar surface area (TPSA) is 96.3 Å². The molecule has 7 heteroatoms. The SMILES string of the molecule is CCCN1C(=O)C(=O)/C(=C(\O)c2ccc(OCC)cc2)C1c1cccc(OCCCO)c1. The molecule has 0 radical (unpaired) electrons. The molecule has 0 aliphatic carbocycles. The number of aliphatic hydroxyl groups is 2. The summed E-state index contributed by atoms with van der Waals surface area (Å²) >= 11 is 0. The number of benzene rings is 2. The van der Waals surface area contributed by atoms with Crippen LogP contribution in [0, 0.1) is 0 Å². The van der Waals surface area contributed by atoms with Crippen molar-refractivity contribution in [3.8, 4) is 11.5 Å². The van der Waals surface area contributed by atoms with E-state index in [4.69, 9.17) is 14.6 Å². The van der Waals surface area contributed by atoms with Crippen molar-refractivity contribution in [1.82, 2.24) is 4.90 Å². The maximum Gasteiger partial charge on any atom is 0.295 e. The number of hydrogen-bond acceptors (Lipinski definition) is 6. The molecular formula is C25H29NO6. The molecule has 0 bridgehead atoms. The Labute approximate surface area is 187 Å². The number of likely N-dealkylation sites (tertiary alicyclic amines) is 1. The monoisotopic (exact) mass is 439 g/mol. The largest absolute Gasteiger partial charge is 0.507 e. The summed E-state index contributed by atoms with van der Waals surface area (Å²) in [6, 6.07) is 13.2. The molecule has 1 aliphatic heterocycles. The summed E-state index contributed by atoms with van der Waals surface area (Å²) in [5.41, 5.74) is 1.16. The minimum atomic E-state index is -0.720. The molecular weight excluding hydrogens is 410 g/mol. The number of hydrogen-bond donors (Lipinski definition) is 2. The zero-order valence-corrected chi connectivity index (χ0v) is 18.4. The fourth-order valence-corrected chi connectivity index (χ4v) is 3.76. The van der Waals surface area contributed by atoms with Gasteiger partial charge in [0.15, 0.2) is 0 Å². The molecule has 7 nitrogen and oxygen atoms in total. The lowest BCUT2D eigenvalue weighted by Gasteiger charge is -2.25. The van der Waals surface area contributed by atoms with Crippen molar-refractivity contribution in [1.29, 1.82) is 0 Å². The van der Waals surface area contributed by atoms with Crippen LogP contribution in [0.15, 0.2) is 54.1 Å². The van der Waals surface area contributed by atoms with Gasteiger partial charge in [-0.05, 0) is 55.3 Å². The smallest absolute Gasteiger partial charge is 0.295 e. The van der Waals surface area contributed by atoms with Crippen LogP contribution >= 0.6 is 0 Å². The average molecular weight is 440 g/mol. The van der Waals surface area contributed by atoms with Gasteiger partial charge in [0, 0.05) is 25.1 Å². The molecule has 2 N–H and O–H groups in total. The van der Waals surface area contributed by atoms with Crippen molar-refractivity contribution in [2.75, 3.05) is 26.4 Å². The highest BCUT2D eigenvalue weighted by Crippen LogP contribution is 2.40. The number of carbonyl (C=O) groups is 2. The quantitative estimate of drug-likeness (QED) is 0.254. The lowest BCUT2D eigenvalue weighted by molar-refractivity contribution is -0.139. The highest BCUT2D eigenvalue weighted by atomic mass is 16.5. The molecule has 0 aromatic heterocycles. The highest BCUT2D eigenvalue weighted by Gasteiger charge is 2.45. The van der Waals surface area contributed by atoms with E-state index in [0.717, 1.165) is 0 Å². The van der Waals surface area contributed by atoms with E-state index in [0.29, 0.717) is 55.2 Å². The molecule has 1 saturated heterocycles. The van der Waals surface area contributed by atoms with Crippen LogP contribution in [0.25, 0.3) is 5.76 Å². The fourth-order valence-electron chi connectivity index (χ4n) is 3.76. The average Bonchev–Trinajstić information content (AvgIpc) is 3.05. The number of amides is 1. The van der Waals surface area contributed by atoms with E-state index in [1.165, 1.54) is 4.90 Å². The molecule has 1 aliphatic rings. The Morgan fingerprint density at radius 2 is 1.78 bits per heavy atom. The molecule has 2 aromatic rings. The van der Waals surface area contributed by atoms with Crippen LogP contribution in [-0.2, 0) is 9.59 Å². The predicted molar refractivity (Wildman–Crippen MR) is 121 cm³/mol. The van der Waals surface area contributed by atoms with Crippen molar-refractivity contribution in [2.24, 2.45) is 0 Å². The fraction of sp³-hybridized carbons (Fsp3) is 0.360. The number of carbonyl (C=O) groups excluding carboxylic acids is 2. The van der Waals surface area contributed by atoms with E-state index < -0.39 is 17.7 Å². The lowest BCUT2D eigenvalue weighted by Crippen LogP contribution is -2.30. The molecule has 1 heterocycles. The molecule has 0 spiro atoms. The third kappa shape index (κ3) is 4.94. The van der Waals surface area contributed by atoms with Gasteiger partial charge in [-0.25, -0.2) is 0 Å². The summed E-state index contributed by atoms with van der Waals surface area (Å²) in [6.45, 7) is 5.08. The van der Waals surface area contributed by atoms with Gasteiger partial charge >= 0.3 is 0 Å². The van der Waals surface area contributed by atoms with E-state index in [-0.39, 0.29) is 17.9 Å². The van der Waals surface area contributed by atoms with Crippen LogP contribution in [0.1, 0.15) is 43.9 Å². The Hall–Kier alpha value is -3.32. The van der Waals surface area contributed by atoms with Crippen LogP contribution in [0.5, 0.6) is 11.5 Å². The summed E-state index contributed by atoms with van der Waals surface area (Å²) in [7, 11) is 0. The van der Waals surface area contributed by atoms with E-state index >= 15 is 0 Å². The molecule has 170 valence electrons. The Kier molecular flexibility index (Phi) is 7.89. The zero-order valence-electron chi connectivity index (χ0n) is 18.4. The van der Waals surface area contributed by atoms with E-state index in [1.807, 2.05) is 19.9 Å². The Morgan fingerprint density at radius 1 is 1.03 bits per heavy atom. The molecule has 0 saturated carbocycles. The van der Waals surface area contributed by atoms with Gasteiger partial charge in [0.1, 0.15) is 17.3 Å². The minimum absolute atomic E-state index is 0.0262. The maximum absolute atomic E-state index is 13.0. The van der Waals surface area contributed by atoms with Gasteiger partial charge < -0.3 is 24.6 Å². The van der Waals surface area contributed by atoms with Crippen LogP contribution in [0.2, 0.25) is 0 Å². The first-order valence-electron chi connectivity index (χ1n) is 10.9. The summed E-state index contributed by atoms with van der Waals surface area (Å²) < 4.78 is 11.1. The number of ether oxygens (including phenoxy) is 2. The highest BCUT2D eigenvalue weighted by molar-refractivity contribution is 6.46. The van der Waals surface area contributed by atoms with Crippen LogP contribution < -0.4 is 9.47 Å². The van der Waals surface area contributed by atoms with Gasteiger partial charge in [-0.2, -0.15) is 0 Å². The standard InChI is InChI=1S/C25H29NO6/c1-3-13-26-22(18-7-5-8-20(16-18)32-15-6-14-27)21(24(29)25(26)30)23(28)17-9-11-19(12-10-17)31-4-2/h5,7-12,16,22,27-28H,3-4,6,13-15H2,1-2H3/b23-21-. The summed E-state index contributed by atoms with van der Waals surface area (Å²) in [5, 5.41) is 20.0. The van der Waals surface area contributed by atoms with Crippen LogP contribution in [-0.4, -0.2) is 53.2 Å². The van der Waals surface area contributed by atoms with Gasteiger partial charge in [-0.15, -0.1) is 0 Å². The third-order valence-electron chi connectivity index (χ3n) is 5.19. The molecule has 1 amide bonds. The Bertz CT molecular complexity index is 982. The Balaban J connectivity index is 2.05. The van der Waals surface area contributed by atoms with Gasteiger partial charge in [-0.3, -0.25) is 9.59 Å². The summed E-state index contributed by atoms with van der Waals surface area (Å²) in [5.74, 6) is -0.335. The van der Waals surface area contributed by atoms with Crippen molar-refractivity contribution >= 4 is 17.4 Å². The maximum atomic E-state index is 13.0. The van der Waals surface area contributed by atoms with E-state index in [9.17, 15) is 14.7 Å². The minimum Gasteiger partial charge on any atom is -0.507 e. The van der Waals surface area contributed by atoms with Crippen molar-refractivity contribution in [3.05, 3.63) is 65.2 Å². The second-order valence-electron chi connectivity index (χ2n) is 7.45. The van der Waals surface area contributed by atoms with Crippen molar-refractivity contribution in [2.45, 2.75) is 32.7 Å². The number of aliphatic hydroxyl groups excluding tert-OH is 2. The van der Waals surface area contributed by atoms with Crippen molar-refractivity contribution in [3.63, 3.8) is 0 Å². The summed E-state index contributed by atoms with van der Waals surface area (Å²) in [4.78, 5) is 27.3. The molecule has 1 fully saturated rings. The second kappa shape index (κ2) is 10.8. The first-order chi connectivity index (χ1) is 15.5. The first-order valence-corrected chi connectivity index (χ1v) is 10.9. The predicted octanol–water partition coefficient (Wildman–Crippen LogP) is 3.68. The Morgan fingerprint density at radius 3 is 2.44 bits per heavy atom. The van der Waals surface area contributed by atoms with E-state index in [2.05, 4.69) is 0 Å². The molecule has 2 aromatic carbocycles. The molecule has 1 unspecified atom stereocenters. The molecule has 3 rings (SSSR count). The van der Waals surface area contributed by atoms with Crippen LogP contribution in [0.4, 0.5) is 0 Å². The zero-order chi connectivity index (χ0) is 23.1. The van der Waals surface area contributed by atoms with Gasteiger partial charge in [-0.1, -0.05) is 19.1 Å². The summed E-state index contributed by atoms with van der Waals surface area (Å²) in [6.07, 6.45) is 1.16. The van der Waals surface area contributed by atoms with Gasteiger partial charge in [0.2, 0.25) is 0 Å². The van der Waals surface area contributed by atoms with E-state index in [1.54, 1.807) is 42.5 Å². The third-order valence-corrected chi connectivity index (χ3v) is 5.19. The molecule has 32 heavy (non-hydrogen) atoms. The number of rotatable bonds is 10. The van der Waals surface area contributed by atoms with Gasteiger partial charge in [0.05, 0.1) is 24.8 Å².